The Balaban J connectivity index is 2.57. The summed E-state index contributed by atoms with van der Waals surface area (Å²) in [5.41, 5.74) is 0.614. The third-order valence-corrected chi connectivity index (χ3v) is 1.83. The van der Waals surface area contributed by atoms with Crippen LogP contribution in [0.4, 0.5) is 4.79 Å². The zero-order valence-electron chi connectivity index (χ0n) is 7.12. The highest BCUT2D eigenvalue weighted by molar-refractivity contribution is 9.11. The van der Waals surface area contributed by atoms with Gasteiger partial charge in [0.15, 0.2) is 0 Å². The van der Waals surface area contributed by atoms with Crippen LogP contribution in [0.3, 0.4) is 0 Å². The maximum Gasteiger partial charge on any atom is 0.414 e. The molecule has 3 nitrogen and oxygen atoms in total. The number of rotatable bonds is 3. The van der Waals surface area contributed by atoms with E-state index in [4.69, 9.17) is 4.74 Å². The van der Waals surface area contributed by atoms with Crippen LogP contribution in [0.1, 0.15) is 0 Å². The minimum Gasteiger partial charge on any atom is -0.447 e. The van der Waals surface area contributed by atoms with Gasteiger partial charge in [0.2, 0.25) is 0 Å². The lowest BCUT2D eigenvalue weighted by atomic mass is 10.3. The summed E-state index contributed by atoms with van der Waals surface area (Å²) in [7, 11) is 0. The van der Waals surface area contributed by atoms with Gasteiger partial charge < -0.3 is 4.74 Å². The zero-order valence-corrected chi connectivity index (χ0v) is 8.71. The minimum atomic E-state index is -0.338. The summed E-state index contributed by atoms with van der Waals surface area (Å²) in [6.45, 7) is 8.36. The van der Waals surface area contributed by atoms with Crippen LogP contribution in [0.15, 0.2) is 35.5 Å². The molecule has 1 heterocycles. The van der Waals surface area contributed by atoms with Gasteiger partial charge in [0, 0.05) is 10.2 Å². The molecule has 0 bridgehead atoms. The van der Waals surface area contributed by atoms with E-state index in [2.05, 4.69) is 29.1 Å². The van der Waals surface area contributed by atoms with Crippen molar-refractivity contribution in [2.45, 2.75) is 0 Å². The number of cyclic esters (lactones) is 1. The van der Waals surface area contributed by atoms with E-state index in [1.807, 2.05) is 0 Å². The molecule has 0 spiro atoms. The van der Waals surface area contributed by atoms with Crippen molar-refractivity contribution < 1.29 is 9.53 Å². The molecule has 4 heteroatoms. The fourth-order valence-corrected chi connectivity index (χ4v) is 1.06. The van der Waals surface area contributed by atoms with Crippen LogP contribution in [-0.4, -0.2) is 24.1 Å². The number of hydrogen-bond donors (Lipinski definition) is 0. The van der Waals surface area contributed by atoms with Crippen molar-refractivity contribution in [3.63, 3.8) is 0 Å². The number of carbonyl (C=O) groups is 1. The average molecular weight is 244 g/mol. The molecular weight excluding hydrogens is 234 g/mol. The van der Waals surface area contributed by atoms with Crippen molar-refractivity contribution >= 4 is 22.0 Å². The van der Waals surface area contributed by atoms with Gasteiger partial charge in [-0.25, -0.2) is 4.79 Å². The molecule has 0 aromatic heterocycles. The molecule has 1 rings (SSSR count). The summed E-state index contributed by atoms with van der Waals surface area (Å²) < 4.78 is 5.49. The van der Waals surface area contributed by atoms with E-state index in [0.29, 0.717) is 18.8 Å². The third-order valence-electron chi connectivity index (χ3n) is 1.56. The standard InChI is InChI=1S/C9H10BrNO2/c1-7(10)3-4-8(2)11-5-6-13-9(11)12/h3-4H,1-2,5-6H2/b4-3-. The van der Waals surface area contributed by atoms with Gasteiger partial charge in [0.1, 0.15) is 6.61 Å². The topological polar surface area (TPSA) is 29.5 Å². The highest BCUT2D eigenvalue weighted by atomic mass is 79.9. The van der Waals surface area contributed by atoms with Gasteiger partial charge >= 0.3 is 6.09 Å². The molecule has 0 atom stereocenters. The van der Waals surface area contributed by atoms with Gasteiger partial charge in [-0.3, -0.25) is 4.90 Å². The summed E-state index contributed by atoms with van der Waals surface area (Å²) in [5, 5.41) is 0. The number of nitrogens with zero attached hydrogens (tertiary/aromatic N) is 1. The number of hydrogen-bond acceptors (Lipinski definition) is 2. The number of carbonyl (C=O) groups excluding carboxylic acids is 1. The lowest BCUT2D eigenvalue weighted by molar-refractivity contribution is 0.165. The van der Waals surface area contributed by atoms with Crippen LogP contribution in [-0.2, 0) is 4.74 Å². The fourth-order valence-electron chi connectivity index (χ4n) is 0.931. The monoisotopic (exact) mass is 243 g/mol. The van der Waals surface area contributed by atoms with Crippen molar-refractivity contribution in [3.8, 4) is 0 Å². The SMILES string of the molecule is C=C(Br)/C=C\C(=C)N1CCOC1=O. The van der Waals surface area contributed by atoms with E-state index in [1.165, 1.54) is 4.90 Å². The van der Waals surface area contributed by atoms with Crippen molar-refractivity contribution in [1.82, 2.24) is 4.90 Å². The predicted octanol–water partition coefficient (Wildman–Crippen LogP) is 2.42. The maximum atomic E-state index is 11.0. The highest BCUT2D eigenvalue weighted by Crippen LogP contribution is 2.13. The number of amides is 1. The zero-order chi connectivity index (χ0) is 9.84. The molecule has 0 aromatic carbocycles. The van der Waals surface area contributed by atoms with Crippen molar-refractivity contribution in [1.29, 1.82) is 0 Å². The Kier molecular flexibility index (Phi) is 3.31. The first-order valence-electron chi connectivity index (χ1n) is 3.77. The molecule has 1 saturated heterocycles. The first-order valence-corrected chi connectivity index (χ1v) is 4.56. The highest BCUT2D eigenvalue weighted by Gasteiger charge is 2.22. The quantitative estimate of drug-likeness (QED) is 0.713. The van der Waals surface area contributed by atoms with Crippen molar-refractivity contribution in [3.05, 3.63) is 35.5 Å². The van der Waals surface area contributed by atoms with Crippen molar-refractivity contribution in [2.75, 3.05) is 13.2 Å². The molecule has 13 heavy (non-hydrogen) atoms. The summed E-state index contributed by atoms with van der Waals surface area (Å²) in [5.74, 6) is 0. The Morgan fingerprint density at radius 2 is 2.23 bits per heavy atom. The van der Waals surface area contributed by atoms with Crippen LogP contribution in [0, 0.1) is 0 Å². The normalized spacial score (nSPS) is 16.4. The second-order valence-electron chi connectivity index (χ2n) is 2.54. The van der Waals surface area contributed by atoms with Crippen LogP contribution in [0.25, 0.3) is 0 Å². The van der Waals surface area contributed by atoms with E-state index in [0.717, 1.165) is 4.48 Å². The third kappa shape index (κ3) is 2.73. The number of ether oxygens (including phenoxy) is 1. The smallest absolute Gasteiger partial charge is 0.414 e. The number of halogens is 1. The largest absolute Gasteiger partial charge is 0.447 e. The van der Waals surface area contributed by atoms with Gasteiger partial charge in [0.25, 0.3) is 0 Å². The summed E-state index contributed by atoms with van der Waals surface area (Å²) >= 11 is 3.17. The Labute approximate surface area is 85.5 Å². The van der Waals surface area contributed by atoms with Gasteiger partial charge in [-0.05, 0) is 12.2 Å². The maximum absolute atomic E-state index is 11.0. The van der Waals surface area contributed by atoms with Crippen LogP contribution >= 0.6 is 15.9 Å². The van der Waals surface area contributed by atoms with E-state index in [1.54, 1.807) is 12.2 Å². The van der Waals surface area contributed by atoms with Gasteiger partial charge in [-0.15, -0.1) is 0 Å². The first-order chi connectivity index (χ1) is 6.11. The molecule has 1 aliphatic heterocycles. The Morgan fingerprint density at radius 1 is 1.54 bits per heavy atom. The summed E-state index contributed by atoms with van der Waals surface area (Å²) in [4.78, 5) is 12.5. The lowest BCUT2D eigenvalue weighted by Crippen LogP contribution is -2.21. The minimum absolute atomic E-state index is 0.338. The lowest BCUT2D eigenvalue weighted by Gasteiger charge is -2.11. The van der Waals surface area contributed by atoms with E-state index >= 15 is 0 Å². The molecule has 0 N–H and O–H groups in total. The molecule has 1 aliphatic rings. The molecular formula is C9H10BrNO2. The Bertz CT molecular complexity index is 283. The second-order valence-corrected chi connectivity index (χ2v) is 3.56. The summed E-state index contributed by atoms with van der Waals surface area (Å²) in [6, 6.07) is 0. The molecule has 0 radical (unpaired) electrons. The molecule has 1 fully saturated rings. The molecule has 70 valence electrons. The fraction of sp³-hybridized carbons (Fsp3) is 0.222. The predicted molar refractivity (Wildman–Crippen MR) is 54.4 cm³/mol. The summed E-state index contributed by atoms with van der Waals surface area (Å²) in [6.07, 6.45) is 3.10. The van der Waals surface area contributed by atoms with Crippen LogP contribution in [0.2, 0.25) is 0 Å². The van der Waals surface area contributed by atoms with E-state index < -0.39 is 0 Å². The van der Waals surface area contributed by atoms with Crippen LogP contribution in [0.5, 0.6) is 0 Å². The first kappa shape index (κ1) is 10.1. The van der Waals surface area contributed by atoms with Crippen LogP contribution < -0.4 is 0 Å². The average Bonchev–Trinajstić information content (AvgIpc) is 2.47. The second kappa shape index (κ2) is 4.28. The number of allylic oxidation sites excluding steroid dienone is 3. The molecule has 0 aliphatic carbocycles. The van der Waals surface area contributed by atoms with E-state index in [9.17, 15) is 4.79 Å². The Morgan fingerprint density at radius 3 is 2.69 bits per heavy atom. The molecule has 0 saturated carbocycles. The molecule has 0 aromatic rings. The molecule has 0 unspecified atom stereocenters. The van der Waals surface area contributed by atoms with Crippen molar-refractivity contribution in [2.24, 2.45) is 0 Å². The van der Waals surface area contributed by atoms with Gasteiger partial charge in [-0.2, -0.15) is 0 Å². The van der Waals surface area contributed by atoms with Gasteiger partial charge in [-0.1, -0.05) is 29.1 Å². The molecule has 1 amide bonds. The van der Waals surface area contributed by atoms with Gasteiger partial charge in [0.05, 0.1) is 6.54 Å². The van der Waals surface area contributed by atoms with E-state index in [-0.39, 0.29) is 6.09 Å². The Hall–Kier alpha value is -1.03.